The van der Waals surface area contributed by atoms with Crippen molar-refractivity contribution in [3.05, 3.63) is 48.2 Å². The van der Waals surface area contributed by atoms with E-state index in [1.54, 1.807) is 6.20 Å². The summed E-state index contributed by atoms with van der Waals surface area (Å²) in [5, 5.41) is 26.8. The third-order valence-corrected chi connectivity index (χ3v) is 4.81. The Morgan fingerprint density at radius 1 is 1.07 bits per heavy atom. The van der Waals surface area contributed by atoms with Gasteiger partial charge in [-0.25, -0.2) is 0 Å². The number of ether oxygens (including phenoxy) is 1. The largest absolute Gasteiger partial charge is 0.394 e. The molecule has 0 bridgehead atoms. The quantitative estimate of drug-likeness (QED) is 0.574. The first-order chi connectivity index (χ1) is 13.0. The van der Waals surface area contributed by atoms with Crippen molar-refractivity contribution >= 4 is 0 Å². The Hall–Kier alpha value is -1.40. The lowest BCUT2D eigenvalue weighted by atomic mass is 9.85. The van der Waals surface area contributed by atoms with Gasteiger partial charge >= 0.3 is 5.97 Å². The molecular formula is C22H37NO4. The van der Waals surface area contributed by atoms with Crippen molar-refractivity contribution in [1.29, 1.82) is 0 Å². The molecule has 154 valence electrons. The van der Waals surface area contributed by atoms with Crippen molar-refractivity contribution in [2.24, 2.45) is 5.92 Å². The highest BCUT2D eigenvalue weighted by Gasteiger charge is 2.19. The monoisotopic (exact) mass is 379 g/mol. The van der Waals surface area contributed by atoms with Crippen LogP contribution in [0, 0.1) is 5.92 Å². The van der Waals surface area contributed by atoms with Gasteiger partial charge in [0.1, 0.15) is 0 Å². The van der Waals surface area contributed by atoms with E-state index in [-0.39, 0.29) is 13.2 Å². The van der Waals surface area contributed by atoms with Gasteiger partial charge < -0.3 is 25.0 Å². The molecular weight excluding hydrogens is 342 g/mol. The van der Waals surface area contributed by atoms with Crippen LogP contribution in [0.15, 0.2) is 42.6 Å². The average Bonchev–Trinajstić information content (AvgIpc) is 2.69. The molecule has 0 spiro atoms. The van der Waals surface area contributed by atoms with Crippen molar-refractivity contribution in [1.82, 2.24) is 4.90 Å². The highest BCUT2D eigenvalue weighted by molar-refractivity contribution is 5.15. The van der Waals surface area contributed by atoms with Crippen molar-refractivity contribution in [3.63, 3.8) is 0 Å². The van der Waals surface area contributed by atoms with Crippen molar-refractivity contribution in [2.45, 2.75) is 58.3 Å². The predicted molar refractivity (Wildman–Crippen MR) is 109 cm³/mol. The van der Waals surface area contributed by atoms with Gasteiger partial charge in [-0.1, -0.05) is 62.4 Å². The molecule has 2 rings (SSSR count). The second-order valence-corrected chi connectivity index (χ2v) is 6.96. The predicted octanol–water partition coefficient (Wildman–Crippen LogP) is 3.30. The lowest BCUT2D eigenvalue weighted by Crippen LogP contribution is -2.31. The Morgan fingerprint density at radius 3 is 2.26 bits per heavy atom. The summed E-state index contributed by atoms with van der Waals surface area (Å²) in [5.74, 6) is -1.33. The van der Waals surface area contributed by atoms with E-state index in [1.165, 1.54) is 44.1 Å². The summed E-state index contributed by atoms with van der Waals surface area (Å²) in [6.45, 7) is 5.11. The summed E-state index contributed by atoms with van der Waals surface area (Å²) in [7, 11) is 0. The molecule has 0 heterocycles. The first kappa shape index (κ1) is 23.6. The zero-order chi connectivity index (χ0) is 20.0. The molecule has 1 saturated carbocycles. The number of nitrogens with zero attached hydrogens (tertiary/aromatic N) is 1. The van der Waals surface area contributed by atoms with E-state index >= 15 is 0 Å². The first-order valence-electron chi connectivity index (χ1n) is 10.2. The van der Waals surface area contributed by atoms with Crippen LogP contribution in [0.4, 0.5) is 0 Å². The Bertz CT molecular complexity index is 494. The molecule has 0 aromatic heterocycles. The summed E-state index contributed by atoms with van der Waals surface area (Å²) in [4.78, 5) is 1.88. The third kappa shape index (κ3) is 11.1. The Morgan fingerprint density at radius 2 is 1.70 bits per heavy atom. The van der Waals surface area contributed by atoms with Crippen molar-refractivity contribution in [2.75, 3.05) is 26.3 Å². The fourth-order valence-electron chi connectivity index (χ4n) is 3.22. The van der Waals surface area contributed by atoms with Gasteiger partial charge in [-0.15, -0.1) is 0 Å². The van der Waals surface area contributed by atoms with E-state index in [0.29, 0.717) is 0 Å². The van der Waals surface area contributed by atoms with Crippen LogP contribution < -0.4 is 0 Å². The highest BCUT2D eigenvalue weighted by Crippen LogP contribution is 2.26. The lowest BCUT2D eigenvalue weighted by molar-refractivity contribution is -0.305. The molecule has 0 saturated heterocycles. The maximum Gasteiger partial charge on any atom is 0.301 e. The summed E-state index contributed by atoms with van der Waals surface area (Å²) < 4.78 is 4.57. The van der Waals surface area contributed by atoms with Gasteiger partial charge in [-0.2, -0.15) is 0 Å². The van der Waals surface area contributed by atoms with Gasteiger partial charge in [0.2, 0.25) is 0 Å². The average molecular weight is 380 g/mol. The van der Waals surface area contributed by atoms with E-state index in [9.17, 15) is 10.2 Å². The van der Waals surface area contributed by atoms with Crippen LogP contribution in [0.5, 0.6) is 0 Å². The van der Waals surface area contributed by atoms with Crippen LogP contribution in [0.1, 0.15) is 51.5 Å². The molecule has 1 aromatic rings. The summed E-state index contributed by atoms with van der Waals surface area (Å²) in [5.41, 5.74) is 1.52. The summed E-state index contributed by atoms with van der Waals surface area (Å²) in [6, 6.07) is 10.9. The van der Waals surface area contributed by atoms with E-state index in [0.717, 1.165) is 25.1 Å². The molecule has 0 unspecified atom stereocenters. The second kappa shape index (κ2) is 13.7. The minimum atomic E-state index is -2.30. The number of aliphatic hydroxyl groups is 3. The molecule has 5 heteroatoms. The summed E-state index contributed by atoms with van der Waals surface area (Å²) >= 11 is 0. The molecule has 1 aliphatic carbocycles. The molecule has 0 amide bonds. The maximum atomic E-state index is 9.19. The van der Waals surface area contributed by atoms with Gasteiger partial charge in [0.05, 0.1) is 13.2 Å². The van der Waals surface area contributed by atoms with Gasteiger partial charge in [0, 0.05) is 25.4 Å². The van der Waals surface area contributed by atoms with E-state index in [1.807, 2.05) is 18.7 Å². The van der Waals surface area contributed by atoms with Crippen LogP contribution in [0.25, 0.3) is 0 Å². The summed E-state index contributed by atoms with van der Waals surface area (Å²) in [6.07, 6.45) is 11.3. The van der Waals surface area contributed by atoms with E-state index < -0.39 is 5.97 Å². The highest BCUT2D eigenvalue weighted by atomic mass is 16.8. The van der Waals surface area contributed by atoms with Gasteiger partial charge in [0.25, 0.3) is 0 Å². The molecule has 1 aliphatic rings. The van der Waals surface area contributed by atoms with Crippen molar-refractivity contribution < 1.29 is 20.1 Å². The van der Waals surface area contributed by atoms with Crippen LogP contribution in [-0.2, 0) is 11.2 Å². The number of hydrogen-bond donors (Lipinski definition) is 3. The maximum absolute atomic E-state index is 9.19. The van der Waals surface area contributed by atoms with Crippen LogP contribution in [0.3, 0.4) is 0 Å². The van der Waals surface area contributed by atoms with Crippen LogP contribution >= 0.6 is 0 Å². The zero-order valence-corrected chi connectivity index (χ0v) is 16.9. The Labute approximate surface area is 164 Å². The van der Waals surface area contributed by atoms with Crippen LogP contribution in [-0.4, -0.2) is 52.5 Å². The minimum Gasteiger partial charge on any atom is -0.394 e. The smallest absolute Gasteiger partial charge is 0.301 e. The van der Waals surface area contributed by atoms with Gasteiger partial charge in [-0.3, -0.25) is 0 Å². The second-order valence-electron chi connectivity index (χ2n) is 6.96. The molecule has 1 fully saturated rings. The molecule has 1 aromatic carbocycles. The third-order valence-electron chi connectivity index (χ3n) is 4.81. The first-order valence-corrected chi connectivity index (χ1v) is 10.2. The van der Waals surface area contributed by atoms with Gasteiger partial charge in [-0.05, 0) is 31.7 Å². The Balaban J connectivity index is 0.000000270. The fourth-order valence-corrected chi connectivity index (χ4v) is 3.22. The van der Waals surface area contributed by atoms with Crippen molar-refractivity contribution in [3.8, 4) is 0 Å². The van der Waals surface area contributed by atoms with E-state index in [2.05, 4.69) is 35.1 Å². The number of rotatable bonds is 9. The molecule has 0 aliphatic heterocycles. The Kier molecular flexibility index (Phi) is 12.0. The molecule has 27 heavy (non-hydrogen) atoms. The van der Waals surface area contributed by atoms with Crippen LogP contribution in [0.2, 0.25) is 0 Å². The standard InChI is InChI=1S/C13H18.C9H19NO4/c1-3-7-12(8-4-1)11-13-9-5-2-6-10-13;1-3-10(4-2)6-5-9(12,13)14-8-7-11/h1,3-4,7-8,13H,2,5-6,9-11H2;5-6,11-13H,3-4,7-8H2,1-2H3. The minimum absolute atomic E-state index is 0.115. The number of benzene rings is 1. The number of aliphatic hydroxyl groups excluding tert-OH is 1. The SMILES string of the molecule is CCN(C=CC(O)(O)OCCO)CC.c1ccc(CC2CCCCC2)cc1. The molecule has 0 radical (unpaired) electrons. The molecule has 3 N–H and O–H groups in total. The zero-order valence-electron chi connectivity index (χ0n) is 16.9. The lowest BCUT2D eigenvalue weighted by Gasteiger charge is -2.21. The molecule has 5 nitrogen and oxygen atoms in total. The molecule has 0 atom stereocenters. The van der Waals surface area contributed by atoms with Gasteiger partial charge in [0.15, 0.2) is 0 Å². The normalized spacial score (nSPS) is 15.4. The van der Waals surface area contributed by atoms with E-state index in [4.69, 9.17) is 5.11 Å². The topological polar surface area (TPSA) is 73.2 Å². The fraction of sp³-hybridized carbons (Fsp3) is 0.636. The number of hydrogen-bond acceptors (Lipinski definition) is 5.